The Morgan fingerprint density at radius 3 is 2.63 bits per heavy atom. The molecular weight excluding hydrogens is 234 g/mol. The maximum absolute atomic E-state index is 4.77. The molecule has 2 aromatic rings. The molecule has 100 valence electrons. The Bertz CT molecular complexity index is 512. The van der Waals surface area contributed by atoms with E-state index in [0.29, 0.717) is 11.8 Å². The first-order chi connectivity index (χ1) is 9.38. The minimum absolute atomic E-state index is 0.313. The highest BCUT2D eigenvalue weighted by atomic mass is 15.2. The van der Waals surface area contributed by atoms with Crippen LogP contribution in [0, 0.1) is 0 Å². The van der Waals surface area contributed by atoms with E-state index in [9.17, 15) is 0 Å². The van der Waals surface area contributed by atoms with Crippen LogP contribution < -0.4 is 0 Å². The van der Waals surface area contributed by atoms with Crippen LogP contribution in [0.4, 0.5) is 0 Å². The summed E-state index contributed by atoms with van der Waals surface area (Å²) in [6.45, 7) is 2.20. The topological polar surface area (TPSA) is 41.6 Å². The Morgan fingerprint density at radius 2 is 1.95 bits per heavy atom. The summed E-state index contributed by atoms with van der Waals surface area (Å²) in [6, 6.07) is 10.6. The highest BCUT2D eigenvalue weighted by Gasteiger charge is 2.23. The molecule has 1 aliphatic rings. The van der Waals surface area contributed by atoms with E-state index < -0.39 is 0 Å². The second-order valence-corrected chi connectivity index (χ2v) is 5.43. The largest absolute Gasteiger partial charge is 0.263 e. The average molecular weight is 255 g/mol. The van der Waals surface area contributed by atoms with Crippen LogP contribution in [0.3, 0.4) is 0 Å². The molecule has 0 saturated heterocycles. The Morgan fingerprint density at radius 1 is 1.21 bits per heavy atom. The van der Waals surface area contributed by atoms with Gasteiger partial charge in [0, 0.05) is 11.8 Å². The number of nitrogens with one attached hydrogen (secondary N) is 1. The third-order valence-corrected chi connectivity index (χ3v) is 4.18. The van der Waals surface area contributed by atoms with Crippen molar-refractivity contribution >= 4 is 0 Å². The lowest BCUT2D eigenvalue weighted by Gasteiger charge is -2.11. The lowest BCUT2D eigenvalue weighted by atomic mass is 9.96. The van der Waals surface area contributed by atoms with Crippen molar-refractivity contribution in [2.45, 2.75) is 50.9 Å². The van der Waals surface area contributed by atoms with E-state index in [2.05, 4.69) is 47.5 Å². The van der Waals surface area contributed by atoms with Gasteiger partial charge in [0.2, 0.25) is 0 Å². The summed E-state index contributed by atoms with van der Waals surface area (Å²) < 4.78 is 0. The number of rotatable bonds is 4. The van der Waals surface area contributed by atoms with Crippen molar-refractivity contribution in [3.8, 4) is 0 Å². The van der Waals surface area contributed by atoms with E-state index >= 15 is 0 Å². The number of aromatic nitrogens is 3. The fourth-order valence-electron chi connectivity index (χ4n) is 3.08. The van der Waals surface area contributed by atoms with E-state index in [4.69, 9.17) is 4.98 Å². The molecule has 0 spiro atoms. The quantitative estimate of drug-likeness (QED) is 0.897. The molecule has 1 unspecified atom stereocenters. The maximum atomic E-state index is 4.77. The van der Waals surface area contributed by atoms with Gasteiger partial charge in [-0.15, -0.1) is 0 Å². The predicted octanol–water partition coefficient (Wildman–Crippen LogP) is 4.00. The van der Waals surface area contributed by atoms with Crippen molar-refractivity contribution in [3.05, 3.63) is 47.5 Å². The smallest absolute Gasteiger partial charge is 0.158 e. The Hall–Kier alpha value is -1.64. The molecule has 0 aliphatic heterocycles. The molecule has 3 heteroatoms. The molecule has 1 aliphatic carbocycles. The van der Waals surface area contributed by atoms with Crippen LogP contribution in [-0.2, 0) is 0 Å². The molecule has 0 radical (unpaired) electrons. The van der Waals surface area contributed by atoms with Gasteiger partial charge < -0.3 is 0 Å². The summed E-state index contributed by atoms with van der Waals surface area (Å²) >= 11 is 0. The van der Waals surface area contributed by atoms with E-state index in [1.165, 1.54) is 31.2 Å². The van der Waals surface area contributed by atoms with Crippen LogP contribution in [0.2, 0.25) is 0 Å². The zero-order valence-corrected chi connectivity index (χ0v) is 11.5. The maximum Gasteiger partial charge on any atom is 0.158 e. The van der Waals surface area contributed by atoms with Crippen LogP contribution in [0.5, 0.6) is 0 Å². The van der Waals surface area contributed by atoms with Gasteiger partial charge in [-0.2, -0.15) is 5.10 Å². The fraction of sp³-hybridized carbons (Fsp3) is 0.500. The van der Waals surface area contributed by atoms with Gasteiger partial charge in [0.25, 0.3) is 0 Å². The van der Waals surface area contributed by atoms with Gasteiger partial charge in [0.15, 0.2) is 5.82 Å². The fourth-order valence-corrected chi connectivity index (χ4v) is 3.08. The van der Waals surface area contributed by atoms with Gasteiger partial charge >= 0.3 is 0 Å². The number of benzene rings is 1. The molecule has 0 bridgehead atoms. The molecule has 1 fully saturated rings. The number of aromatic amines is 1. The third-order valence-electron chi connectivity index (χ3n) is 4.18. The summed E-state index contributed by atoms with van der Waals surface area (Å²) in [4.78, 5) is 4.77. The van der Waals surface area contributed by atoms with Crippen molar-refractivity contribution < 1.29 is 0 Å². The monoisotopic (exact) mass is 255 g/mol. The zero-order chi connectivity index (χ0) is 13.1. The Kier molecular flexibility index (Phi) is 3.62. The van der Waals surface area contributed by atoms with Crippen molar-refractivity contribution in [3.63, 3.8) is 0 Å². The van der Waals surface area contributed by atoms with E-state index in [1.54, 1.807) is 0 Å². The molecule has 1 heterocycles. The zero-order valence-electron chi connectivity index (χ0n) is 11.5. The predicted molar refractivity (Wildman–Crippen MR) is 76.2 cm³/mol. The molecule has 0 amide bonds. The summed E-state index contributed by atoms with van der Waals surface area (Å²) in [5, 5.41) is 7.64. The van der Waals surface area contributed by atoms with Crippen molar-refractivity contribution in [2.75, 3.05) is 0 Å². The normalized spacial score (nSPS) is 17.7. The molecule has 19 heavy (non-hydrogen) atoms. The van der Waals surface area contributed by atoms with Gasteiger partial charge in [0.05, 0.1) is 0 Å². The molecule has 3 nitrogen and oxygen atoms in total. The van der Waals surface area contributed by atoms with E-state index in [0.717, 1.165) is 18.1 Å². The van der Waals surface area contributed by atoms with Crippen LogP contribution in [0.15, 0.2) is 30.3 Å². The summed E-state index contributed by atoms with van der Waals surface area (Å²) in [7, 11) is 0. The highest BCUT2D eigenvalue weighted by Crippen LogP contribution is 2.33. The molecule has 3 rings (SSSR count). The number of hydrogen-bond acceptors (Lipinski definition) is 2. The summed E-state index contributed by atoms with van der Waals surface area (Å²) in [5.41, 5.74) is 1.31. The summed E-state index contributed by atoms with van der Waals surface area (Å²) in [6.07, 6.45) is 6.21. The second kappa shape index (κ2) is 5.55. The van der Waals surface area contributed by atoms with Crippen LogP contribution in [0.25, 0.3) is 0 Å². The van der Waals surface area contributed by atoms with E-state index in [-0.39, 0.29) is 0 Å². The first-order valence-corrected chi connectivity index (χ1v) is 7.35. The average Bonchev–Trinajstić information content (AvgIpc) is 3.11. The molecule has 1 atom stereocenters. The van der Waals surface area contributed by atoms with Crippen molar-refractivity contribution in [2.24, 2.45) is 0 Å². The van der Waals surface area contributed by atoms with Gasteiger partial charge in [-0.1, -0.05) is 50.1 Å². The Labute approximate surface area is 114 Å². The van der Waals surface area contributed by atoms with Gasteiger partial charge in [0.1, 0.15) is 5.82 Å². The minimum Gasteiger partial charge on any atom is -0.263 e. The lowest BCUT2D eigenvalue weighted by Crippen LogP contribution is -2.02. The second-order valence-electron chi connectivity index (χ2n) is 5.43. The first kappa shape index (κ1) is 12.4. The lowest BCUT2D eigenvalue weighted by molar-refractivity contribution is 0.669. The number of hydrogen-bond donors (Lipinski definition) is 1. The molecular formula is C16H21N3. The first-order valence-electron chi connectivity index (χ1n) is 7.35. The standard InChI is InChI=1S/C16H21N3/c1-2-14(12-8-4-3-5-9-12)16-17-15(18-19-16)13-10-6-7-11-13/h3-5,8-9,13-14H,2,6-7,10-11H2,1H3,(H,17,18,19). The van der Waals surface area contributed by atoms with Gasteiger partial charge in [-0.25, -0.2) is 4.98 Å². The van der Waals surface area contributed by atoms with Crippen LogP contribution in [-0.4, -0.2) is 15.2 Å². The molecule has 1 N–H and O–H groups in total. The number of H-pyrrole nitrogens is 1. The summed E-state index contributed by atoms with van der Waals surface area (Å²) in [5.74, 6) is 2.97. The third kappa shape index (κ3) is 2.55. The molecule has 1 aromatic carbocycles. The molecule has 1 saturated carbocycles. The van der Waals surface area contributed by atoms with E-state index in [1.807, 2.05) is 0 Å². The van der Waals surface area contributed by atoms with Crippen molar-refractivity contribution in [1.82, 2.24) is 15.2 Å². The minimum atomic E-state index is 0.313. The van der Waals surface area contributed by atoms with Crippen LogP contribution in [0.1, 0.15) is 68.1 Å². The highest BCUT2D eigenvalue weighted by molar-refractivity contribution is 5.25. The molecule has 1 aromatic heterocycles. The number of nitrogens with zero attached hydrogens (tertiary/aromatic N) is 2. The van der Waals surface area contributed by atoms with Crippen LogP contribution >= 0.6 is 0 Å². The van der Waals surface area contributed by atoms with Gasteiger partial charge in [-0.05, 0) is 24.8 Å². The van der Waals surface area contributed by atoms with Gasteiger partial charge in [-0.3, -0.25) is 5.10 Å². The SMILES string of the molecule is CCC(c1ccccc1)c1n[nH]c(C2CCCC2)n1. The van der Waals surface area contributed by atoms with Crippen molar-refractivity contribution in [1.29, 1.82) is 0 Å². The Balaban J connectivity index is 1.84.